The van der Waals surface area contributed by atoms with E-state index in [1.807, 2.05) is 0 Å². The van der Waals surface area contributed by atoms with Crippen LogP contribution in [0.3, 0.4) is 0 Å². The molecule has 0 amide bonds. The second kappa shape index (κ2) is 7.28. The van der Waals surface area contributed by atoms with E-state index in [1.54, 1.807) is 0 Å². The number of carbonyl (C=O) groups is 1. The monoisotopic (exact) mass is 252 g/mol. The predicted octanol–water partition coefficient (Wildman–Crippen LogP) is 4.26. The van der Waals surface area contributed by atoms with E-state index in [4.69, 9.17) is 4.74 Å². The topological polar surface area (TPSA) is 26.3 Å². The Hall–Kier alpha value is -0.370. The second-order valence-corrected chi connectivity index (χ2v) is 6.05. The highest BCUT2D eigenvalue weighted by Crippen LogP contribution is 2.39. The molecule has 0 spiro atoms. The predicted molar refractivity (Wildman–Crippen MR) is 73.6 cm³/mol. The fourth-order valence-corrected chi connectivity index (χ4v) is 3.42. The zero-order chi connectivity index (χ0) is 12.8. The van der Waals surface area contributed by atoms with Crippen molar-refractivity contribution < 1.29 is 9.53 Å². The molecule has 2 rings (SSSR count). The van der Waals surface area contributed by atoms with Crippen molar-refractivity contribution in [3.05, 3.63) is 0 Å². The van der Waals surface area contributed by atoms with Gasteiger partial charge >= 0.3 is 0 Å². The SMILES string of the molecule is CCCCCCCCCC(=O)C1CC2CCC1O2. The summed E-state index contributed by atoms with van der Waals surface area (Å²) < 4.78 is 5.76. The molecule has 2 saturated heterocycles. The van der Waals surface area contributed by atoms with E-state index in [-0.39, 0.29) is 12.0 Å². The summed E-state index contributed by atoms with van der Waals surface area (Å²) in [7, 11) is 0. The first-order valence-corrected chi connectivity index (χ1v) is 7.99. The van der Waals surface area contributed by atoms with Crippen molar-refractivity contribution in [2.45, 2.75) is 89.8 Å². The molecule has 2 fully saturated rings. The van der Waals surface area contributed by atoms with E-state index in [9.17, 15) is 4.79 Å². The van der Waals surface area contributed by atoms with Gasteiger partial charge in [0.15, 0.2) is 0 Å². The summed E-state index contributed by atoms with van der Waals surface area (Å²) in [4.78, 5) is 12.1. The summed E-state index contributed by atoms with van der Waals surface area (Å²) in [6, 6.07) is 0. The van der Waals surface area contributed by atoms with Gasteiger partial charge in [-0.3, -0.25) is 4.79 Å². The van der Waals surface area contributed by atoms with Gasteiger partial charge in [0.1, 0.15) is 5.78 Å². The largest absolute Gasteiger partial charge is 0.374 e. The van der Waals surface area contributed by atoms with Crippen molar-refractivity contribution in [3.8, 4) is 0 Å². The van der Waals surface area contributed by atoms with Crippen LogP contribution in [-0.4, -0.2) is 18.0 Å². The van der Waals surface area contributed by atoms with Crippen LogP contribution in [0.25, 0.3) is 0 Å². The van der Waals surface area contributed by atoms with Gasteiger partial charge in [-0.05, 0) is 25.7 Å². The summed E-state index contributed by atoms with van der Waals surface area (Å²) in [6.45, 7) is 2.25. The second-order valence-electron chi connectivity index (χ2n) is 6.05. The molecule has 0 saturated carbocycles. The summed E-state index contributed by atoms with van der Waals surface area (Å²) >= 11 is 0. The lowest BCUT2D eigenvalue weighted by molar-refractivity contribution is -0.124. The molecular formula is C16H28O2. The molecule has 2 heterocycles. The lowest BCUT2D eigenvalue weighted by Crippen LogP contribution is -2.25. The molecule has 2 heteroatoms. The molecule has 3 unspecified atom stereocenters. The highest BCUT2D eigenvalue weighted by atomic mass is 16.5. The highest BCUT2D eigenvalue weighted by molar-refractivity contribution is 5.82. The van der Waals surface area contributed by atoms with E-state index in [2.05, 4.69) is 6.92 Å². The molecule has 2 bridgehead atoms. The number of carbonyl (C=O) groups excluding carboxylic acids is 1. The average molecular weight is 252 g/mol. The number of rotatable bonds is 9. The number of fused-ring (bicyclic) bond motifs is 2. The van der Waals surface area contributed by atoms with Crippen LogP contribution < -0.4 is 0 Å². The molecule has 0 aromatic heterocycles. The minimum Gasteiger partial charge on any atom is -0.374 e. The van der Waals surface area contributed by atoms with Gasteiger partial charge in [-0.2, -0.15) is 0 Å². The molecule has 0 N–H and O–H groups in total. The van der Waals surface area contributed by atoms with Crippen LogP contribution in [-0.2, 0) is 9.53 Å². The van der Waals surface area contributed by atoms with Gasteiger partial charge in [0.25, 0.3) is 0 Å². The number of ether oxygens (including phenoxy) is 1. The van der Waals surface area contributed by atoms with Crippen LogP contribution in [0.4, 0.5) is 0 Å². The highest BCUT2D eigenvalue weighted by Gasteiger charge is 2.43. The van der Waals surface area contributed by atoms with Crippen molar-refractivity contribution in [1.29, 1.82) is 0 Å². The average Bonchev–Trinajstić information content (AvgIpc) is 2.99. The Kier molecular flexibility index (Phi) is 5.68. The van der Waals surface area contributed by atoms with Crippen molar-refractivity contribution in [1.82, 2.24) is 0 Å². The van der Waals surface area contributed by atoms with E-state index in [0.29, 0.717) is 11.9 Å². The lowest BCUT2D eigenvalue weighted by Gasteiger charge is -2.16. The van der Waals surface area contributed by atoms with Crippen LogP contribution in [0.5, 0.6) is 0 Å². The van der Waals surface area contributed by atoms with E-state index in [0.717, 1.165) is 25.7 Å². The van der Waals surface area contributed by atoms with Gasteiger partial charge in [-0.25, -0.2) is 0 Å². The molecule has 2 nitrogen and oxygen atoms in total. The van der Waals surface area contributed by atoms with Crippen molar-refractivity contribution in [3.63, 3.8) is 0 Å². The number of ketones is 1. The van der Waals surface area contributed by atoms with E-state index >= 15 is 0 Å². The smallest absolute Gasteiger partial charge is 0.138 e. The molecule has 0 aromatic rings. The molecule has 0 aromatic carbocycles. The van der Waals surface area contributed by atoms with Crippen LogP contribution in [0.2, 0.25) is 0 Å². The summed E-state index contributed by atoms with van der Waals surface area (Å²) in [6.07, 6.45) is 13.8. The van der Waals surface area contributed by atoms with Gasteiger partial charge in [-0.1, -0.05) is 45.4 Å². The Labute approximate surface area is 111 Å². The molecule has 0 aliphatic carbocycles. The summed E-state index contributed by atoms with van der Waals surface area (Å²) in [5.41, 5.74) is 0. The molecular weight excluding hydrogens is 224 g/mol. The Balaban J connectivity index is 1.50. The third-order valence-electron chi connectivity index (χ3n) is 4.55. The van der Waals surface area contributed by atoms with E-state index in [1.165, 1.54) is 44.9 Å². The number of hydrogen-bond acceptors (Lipinski definition) is 2. The molecule has 3 atom stereocenters. The van der Waals surface area contributed by atoms with Crippen LogP contribution in [0.1, 0.15) is 77.6 Å². The Bertz CT molecular complexity index is 262. The fraction of sp³-hybridized carbons (Fsp3) is 0.938. The first kappa shape index (κ1) is 14.0. The van der Waals surface area contributed by atoms with Crippen molar-refractivity contribution in [2.24, 2.45) is 5.92 Å². The molecule has 0 radical (unpaired) electrons. The summed E-state index contributed by atoms with van der Waals surface area (Å²) in [5, 5.41) is 0. The zero-order valence-electron chi connectivity index (χ0n) is 11.8. The maximum absolute atomic E-state index is 12.1. The molecule has 2 aliphatic rings. The Morgan fingerprint density at radius 1 is 1.06 bits per heavy atom. The third kappa shape index (κ3) is 3.81. The minimum atomic E-state index is 0.254. The lowest BCUT2D eigenvalue weighted by atomic mass is 9.84. The summed E-state index contributed by atoms with van der Waals surface area (Å²) in [5.74, 6) is 0.736. The normalized spacial score (nSPS) is 29.9. The number of Topliss-reactive ketones (excluding diaryl/α,β-unsaturated/α-hetero) is 1. The fourth-order valence-electron chi connectivity index (χ4n) is 3.42. The van der Waals surface area contributed by atoms with Crippen LogP contribution >= 0.6 is 0 Å². The maximum Gasteiger partial charge on any atom is 0.138 e. The van der Waals surface area contributed by atoms with Gasteiger partial charge in [0.2, 0.25) is 0 Å². The minimum absolute atomic E-state index is 0.254. The Morgan fingerprint density at radius 2 is 1.78 bits per heavy atom. The first-order chi connectivity index (χ1) is 8.81. The molecule has 104 valence electrons. The third-order valence-corrected chi connectivity index (χ3v) is 4.55. The van der Waals surface area contributed by atoms with Gasteiger partial charge < -0.3 is 4.74 Å². The number of hydrogen-bond donors (Lipinski definition) is 0. The first-order valence-electron chi connectivity index (χ1n) is 7.99. The van der Waals surface area contributed by atoms with Crippen LogP contribution in [0.15, 0.2) is 0 Å². The quantitative estimate of drug-likeness (QED) is 0.573. The van der Waals surface area contributed by atoms with Gasteiger partial charge in [0, 0.05) is 12.3 Å². The van der Waals surface area contributed by atoms with E-state index < -0.39 is 0 Å². The van der Waals surface area contributed by atoms with Gasteiger partial charge in [-0.15, -0.1) is 0 Å². The Morgan fingerprint density at radius 3 is 2.39 bits per heavy atom. The zero-order valence-corrected chi connectivity index (χ0v) is 11.8. The van der Waals surface area contributed by atoms with Gasteiger partial charge in [0.05, 0.1) is 12.2 Å². The number of unbranched alkanes of at least 4 members (excludes halogenated alkanes) is 6. The maximum atomic E-state index is 12.1. The standard InChI is InChI=1S/C16H28O2/c1-2-3-4-5-6-7-8-9-15(17)14-12-13-10-11-16(14)18-13/h13-14,16H,2-12H2,1H3. The van der Waals surface area contributed by atoms with Crippen LogP contribution in [0, 0.1) is 5.92 Å². The van der Waals surface area contributed by atoms with Crippen molar-refractivity contribution in [2.75, 3.05) is 0 Å². The van der Waals surface area contributed by atoms with Crippen molar-refractivity contribution >= 4 is 5.78 Å². The molecule has 2 aliphatic heterocycles. The molecule has 18 heavy (non-hydrogen) atoms.